The predicted octanol–water partition coefficient (Wildman–Crippen LogP) is 2.69. The van der Waals surface area contributed by atoms with Crippen molar-refractivity contribution in [3.63, 3.8) is 0 Å². The number of non-ortho nitro benzene ring substituents is 1. The molecule has 0 atom stereocenters. The van der Waals surface area contributed by atoms with Crippen molar-refractivity contribution >= 4 is 5.69 Å². The van der Waals surface area contributed by atoms with Crippen LogP contribution in [0.1, 0.15) is 25.7 Å². The van der Waals surface area contributed by atoms with E-state index in [0.717, 1.165) is 0 Å². The van der Waals surface area contributed by atoms with Gasteiger partial charge < -0.3 is 0 Å². The fraction of sp³-hybridized carbons (Fsp3) is 0.467. The summed E-state index contributed by atoms with van der Waals surface area (Å²) in [7, 11) is 2.10. The number of aromatic nitrogens is 3. The lowest BCUT2D eigenvalue weighted by molar-refractivity contribution is -0.384. The molecule has 0 bridgehead atoms. The summed E-state index contributed by atoms with van der Waals surface area (Å²) in [6.45, 7) is 0.687. The maximum atomic E-state index is 10.8. The number of nitrogens with zero attached hydrogens (tertiary/aromatic N) is 5. The molecular formula is C15H19N5O2. The monoisotopic (exact) mass is 301 g/mol. The zero-order valence-electron chi connectivity index (χ0n) is 12.6. The average Bonchev–Trinajstić information content (AvgIpc) is 3.19. The van der Waals surface area contributed by atoms with E-state index in [-0.39, 0.29) is 5.69 Å². The van der Waals surface area contributed by atoms with E-state index >= 15 is 0 Å². The quantitative estimate of drug-likeness (QED) is 0.627. The van der Waals surface area contributed by atoms with Gasteiger partial charge in [0.15, 0.2) is 5.82 Å². The summed E-state index contributed by atoms with van der Waals surface area (Å²) in [6.07, 6.45) is 6.75. The molecule has 0 amide bonds. The van der Waals surface area contributed by atoms with Crippen LogP contribution in [0.15, 0.2) is 30.6 Å². The first-order valence-electron chi connectivity index (χ1n) is 7.48. The van der Waals surface area contributed by atoms with E-state index in [4.69, 9.17) is 0 Å². The number of nitro groups is 1. The Labute approximate surface area is 128 Å². The van der Waals surface area contributed by atoms with Crippen LogP contribution < -0.4 is 0 Å². The molecule has 116 valence electrons. The smallest absolute Gasteiger partial charge is 0.270 e. The van der Waals surface area contributed by atoms with Crippen molar-refractivity contribution in [2.24, 2.45) is 0 Å². The fourth-order valence-electron chi connectivity index (χ4n) is 2.94. The summed E-state index contributed by atoms with van der Waals surface area (Å²) >= 11 is 0. The third-order valence-corrected chi connectivity index (χ3v) is 4.17. The second-order valence-electron chi connectivity index (χ2n) is 5.75. The molecule has 1 aliphatic carbocycles. The van der Waals surface area contributed by atoms with Gasteiger partial charge >= 0.3 is 0 Å². The second kappa shape index (κ2) is 6.23. The minimum Gasteiger partial charge on any atom is -0.284 e. The minimum absolute atomic E-state index is 0.0527. The average molecular weight is 301 g/mol. The first-order chi connectivity index (χ1) is 10.6. The molecule has 3 rings (SSSR count). The molecule has 1 aromatic heterocycles. The van der Waals surface area contributed by atoms with E-state index in [1.807, 2.05) is 0 Å². The highest BCUT2D eigenvalue weighted by Gasteiger charge is 2.20. The van der Waals surface area contributed by atoms with Crippen molar-refractivity contribution in [2.45, 2.75) is 38.4 Å². The number of nitro benzene ring substituents is 1. The topological polar surface area (TPSA) is 77.1 Å². The Hall–Kier alpha value is -2.28. The first-order valence-corrected chi connectivity index (χ1v) is 7.48. The lowest BCUT2D eigenvalue weighted by atomic mass is 10.2. The molecule has 1 saturated carbocycles. The Morgan fingerprint density at radius 1 is 1.41 bits per heavy atom. The second-order valence-corrected chi connectivity index (χ2v) is 5.75. The number of benzene rings is 1. The minimum atomic E-state index is -0.408. The number of rotatable bonds is 5. The van der Waals surface area contributed by atoms with Crippen LogP contribution >= 0.6 is 0 Å². The maximum absolute atomic E-state index is 10.8. The Kier molecular flexibility index (Phi) is 4.15. The SMILES string of the molecule is CN(Cn1cnc(-c2cccc([N+](=O)[O-])c2)n1)C1CCCC1. The third-order valence-electron chi connectivity index (χ3n) is 4.17. The van der Waals surface area contributed by atoms with E-state index in [0.29, 0.717) is 24.1 Å². The lowest BCUT2D eigenvalue weighted by Crippen LogP contribution is -2.31. The molecule has 0 aliphatic heterocycles. The Bertz CT molecular complexity index is 663. The molecule has 7 nitrogen and oxygen atoms in total. The van der Waals surface area contributed by atoms with E-state index in [1.165, 1.54) is 37.8 Å². The van der Waals surface area contributed by atoms with E-state index in [9.17, 15) is 10.1 Å². The van der Waals surface area contributed by atoms with Crippen molar-refractivity contribution in [1.82, 2.24) is 19.7 Å². The highest BCUT2D eigenvalue weighted by Crippen LogP contribution is 2.23. The molecule has 0 saturated heterocycles. The van der Waals surface area contributed by atoms with Crippen LogP contribution in [0.4, 0.5) is 5.69 Å². The highest BCUT2D eigenvalue weighted by molar-refractivity contribution is 5.58. The van der Waals surface area contributed by atoms with E-state index in [1.54, 1.807) is 23.1 Å². The highest BCUT2D eigenvalue weighted by atomic mass is 16.6. The molecule has 0 N–H and O–H groups in total. The summed E-state index contributed by atoms with van der Waals surface area (Å²) < 4.78 is 1.78. The largest absolute Gasteiger partial charge is 0.284 e. The number of hydrogen-bond donors (Lipinski definition) is 0. The molecule has 22 heavy (non-hydrogen) atoms. The summed E-state index contributed by atoms with van der Waals surface area (Å²) in [4.78, 5) is 17.0. The zero-order chi connectivity index (χ0) is 15.5. The van der Waals surface area contributed by atoms with Gasteiger partial charge in [-0.05, 0) is 19.9 Å². The number of hydrogen-bond acceptors (Lipinski definition) is 5. The molecule has 7 heteroatoms. The van der Waals surface area contributed by atoms with Gasteiger partial charge in [-0.3, -0.25) is 15.0 Å². The van der Waals surface area contributed by atoms with Gasteiger partial charge in [-0.25, -0.2) is 9.67 Å². The van der Waals surface area contributed by atoms with Crippen molar-refractivity contribution in [3.05, 3.63) is 40.7 Å². The van der Waals surface area contributed by atoms with Gasteiger partial charge in [-0.15, -0.1) is 5.10 Å². The third kappa shape index (κ3) is 3.14. The summed E-state index contributed by atoms with van der Waals surface area (Å²) in [5.74, 6) is 0.517. The van der Waals surface area contributed by atoms with Crippen molar-refractivity contribution < 1.29 is 4.92 Å². The van der Waals surface area contributed by atoms with Crippen molar-refractivity contribution in [3.8, 4) is 11.4 Å². The molecule has 1 aromatic carbocycles. The Morgan fingerprint density at radius 3 is 2.91 bits per heavy atom. The maximum Gasteiger partial charge on any atom is 0.270 e. The van der Waals surface area contributed by atoms with Crippen LogP contribution in [0.3, 0.4) is 0 Å². The predicted molar refractivity (Wildman–Crippen MR) is 82.1 cm³/mol. The fourth-order valence-corrected chi connectivity index (χ4v) is 2.94. The molecule has 1 aliphatic rings. The van der Waals surface area contributed by atoms with Gasteiger partial charge in [0.1, 0.15) is 6.33 Å². The Morgan fingerprint density at radius 2 is 2.18 bits per heavy atom. The van der Waals surface area contributed by atoms with E-state index < -0.39 is 4.92 Å². The molecule has 1 fully saturated rings. The van der Waals surface area contributed by atoms with Crippen LogP contribution in [-0.4, -0.2) is 37.7 Å². The molecule has 0 radical (unpaired) electrons. The lowest BCUT2D eigenvalue weighted by Gasteiger charge is -2.23. The van der Waals surface area contributed by atoms with Crippen LogP contribution in [-0.2, 0) is 6.67 Å². The summed E-state index contributed by atoms with van der Waals surface area (Å²) in [5.41, 5.74) is 0.716. The van der Waals surface area contributed by atoms with Gasteiger partial charge in [-0.2, -0.15) is 0 Å². The van der Waals surface area contributed by atoms with E-state index in [2.05, 4.69) is 22.0 Å². The molecule has 0 spiro atoms. The molecule has 2 aromatic rings. The normalized spacial score (nSPS) is 15.5. The van der Waals surface area contributed by atoms with Crippen LogP contribution in [0, 0.1) is 10.1 Å². The standard InChI is InChI=1S/C15H19N5O2/c1-18(13-6-2-3-7-13)11-19-10-16-15(17-19)12-5-4-8-14(9-12)20(21)22/h4-5,8-10,13H,2-3,6-7,11H2,1H3. The van der Waals surface area contributed by atoms with Crippen LogP contribution in [0.25, 0.3) is 11.4 Å². The van der Waals surface area contributed by atoms with Gasteiger partial charge in [0, 0.05) is 23.7 Å². The van der Waals surface area contributed by atoms with Crippen LogP contribution in [0.2, 0.25) is 0 Å². The van der Waals surface area contributed by atoms with Crippen molar-refractivity contribution in [1.29, 1.82) is 0 Å². The van der Waals surface area contributed by atoms with Gasteiger partial charge in [0.2, 0.25) is 0 Å². The van der Waals surface area contributed by atoms with Crippen molar-refractivity contribution in [2.75, 3.05) is 7.05 Å². The Balaban J connectivity index is 1.73. The molecular weight excluding hydrogens is 282 g/mol. The molecule has 1 heterocycles. The molecule has 0 unspecified atom stereocenters. The van der Waals surface area contributed by atoms with Gasteiger partial charge in [0.05, 0.1) is 11.6 Å². The van der Waals surface area contributed by atoms with Crippen LogP contribution in [0.5, 0.6) is 0 Å². The summed E-state index contributed by atoms with van der Waals surface area (Å²) in [5, 5.41) is 15.3. The summed E-state index contributed by atoms with van der Waals surface area (Å²) in [6, 6.07) is 7.02. The first kappa shape index (κ1) is 14.6. The zero-order valence-corrected chi connectivity index (χ0v) is 12.6. The van der Waals surface area contributed by atoms with Gasteiger partial charge in [-0.1, -0.05) is 25.0 Å². The van der Waals surface area contributed by atoms with Gasteiger partial charge in [0.25, 0.3) is 5.69 Å².